The highest BCUT2D eigenvalue weighted by Crippen LogP contribution is 2.28. The van der Waals surface area contributed by atoms with Gasteiger partial charge < -0.3 is 10.5 Å². The molecular weight excluding hydrogens is 226 g/mol. The van der Waals surface area contributed by atoms with Crippen molar-refractivity contribution in [2.24, 2.45) is 11.7 Å². The molecule has 1 fully saturated rings. The normalized spacial score (nSPS) is 23.3. The average Bonchev–Trinajstić information content (AvgIpc) is 2.75. The number of rotatable bonds is 4. The van der Waals surface area contributed by atoms with Crippen molar-refractivity contribution in [1.82, 2.24) is 0 Å². The molecule has 18 heavy (non-hydrogen) atoms. The second kappa shape index (κ2) is 5.53. The van der Waals surface area contributed by atoms with E-state index in [0.29, 0.717) is 0 Å². The highest BCUT2D eigenvalue weighted by molar-refractivity contribution is 5.98. The second-order valence-corrected chi connectivity index (χ2v) is 5.26. The van der Waals surface area contributed by atoms with E-state index in [1.54, 1.807) is 0 Å². The largest absolute Gasteiger partial charge is 0.491 e. The molecule has 0 bridgehead atoms. The van der Waals surface area contributed by atoms with Crippen LogP contribution in [0, 0.1) is 5.92 Å². The van der Waals surface area contributed by atoms with Crippen LogP contribution in [-0.4, -0.2) is 17.9 Å². The van der Waals surface area contributed by atoms with Gasteiger partial charge in [-0.25, -0.2) is 0 Å². The van der Waals surface area contributed by atoms with Crippen LogP contribution in [-0.2, 0) is 0 Å². The molecule has 98 valence electrons. The van der Waals surface area contributed by atoms with Crippen LogP contribution >= 0.6 is 0 Å². The molecule has 0 amide bonds. The summed E-state index contributed by atoms with van der Waals surface area (Å²) < 4.78 is 5.56. The van der Waals surface area contributed by atoms with Gasteiger partial charge in [0.15, 0.2) is 5.78 Å². The zero-order valence-corrected chi connectivity index (χ0v) is 11.1. The average molecular weight is 247 g/mol. The maximum Gasteiger partial charge on any atom is 0.167 e. The van der Waals surface area contributed by atoms with Gasteiger partial charge in [-0.1, -0.05) is 6.42 Å². The molecule has 1 aromatic carbocycles. The molecule has 0 aromatic heterocycles. The predicted octanol–water partition coefficient (Wildman–Crippen LogP) is 2.78. The SMILES string of the molecule is CC(C)Oc1ccc(C(=O)C2CCCC2N)cc1. The Morgan fingerprint density at radius 1 is 1.28 bits per heavy atom. The minimum Gasteiger partial charge on any atom is -0.491 e. The summed E-state index contributed by atoms with van der Waals surface area (Å²) >= 11 is 0. The van der Waals surface area contributed by atoms with Gasteiger partial charge in [-0.15, -0.1) is 0 Å². The van der Waals surface area contributed by atoms with Crippen molar-refractivity contribution in [2.75, 3.05) is 0 Å². The molecule has 0 saturated heterocycles. The standard InChI is InChI=1S/C15H21NO2/c1-10(2)18-12-8-6-11(7-9-12)15(17)13-4-3-5-14(13)16/h6-10,13-14H,3-5,16H2,1-2H3. The molecule has 1 aliphatic carbocycles. The number of benzene rings is 1. The van der Waals surface area contributed by atoms with Crippen molar-refractivity contribution in [3.8, 4) is 5.75 Å². The van der Waals surface area contributed by atoms with Gasteiger partial charge in [0, 0.05) is 17.5 Å². The van der Waals surface area contributed by atoms with E-state index >= 15 is 0 Å². The fraction of sp³-hybridized carbons (Fsp3) is 0.533. The van der Waals surface area contributed by atoms with Crippen molar-refractivity contribution in [1.29, 1.82) is 0 Å². The Morgan fingerprint density at radius 2 is 1.94 bits per heavy atom. The van der Waals surface area contributed by atoms with Gasteiger partial charge in [0.05, 0.1) is 6.10 Å². The van der Waals surface area contributed by atoms with Crippen molar-refractivity contribution in [3.05, 3.63) is 29.8 Å². The number of carbonyl (C=O) groups excluding carboxylic acids is 1. The van der Waals surface area contributed by atoms with E-state index in [2.05, 4.69) is 0 Å². The molecular formula is C15H21NO2. The van der Waals surface area contributed by atoms with E-state index in [1.807, 2.05) is 38.1 Å². The topological polar surface area (TPSA) is 52.3 Å². The monoisotopic (exact) mass is 247 g/mol. The first-order valence-electron chi connectivity index (χ1n) is 6.64. The van der Waals surface area contributed by atoms with Crippen molar-refractivity contribution < 1.29 is 9.53 Å². The van der Waals surface area contributed by atoms with Crippen LogP contribution in [0.3, 0.4) is 0 Å². The molecule has 1 saturated carbocycles. The Bertz CT molecular complexity index is 411. The summed E-state index contributed by atoms with van der Waals surface area (Å²) in [5, 5.41) is 0. The third-order valence-corrected chi connectivity index (χ3v) is 3.42. The number of nitrogens with two attached hydrogens (primary N) is 1. The van der Waals surface area contributed by atoms with Gasteiger partial charge in [0.2, 0.25) is 0 Å². The van der Waals surface area contributed by atoms with Crippen LogP contribution in [0.4, 0.5) is 0 Å². The van der Waals surface area contributed by atoms with E-state index in [4.69, 9.17) is 10.5 Å². The van der Waals surface area contributed by atoms with Gasteiger partial charge in [-0.3, -0.25) is 4.79 Å². The molecule has 0 spiro atoms. The number of ether oxygens (including phenoxy) is 1. The maximum atomic E-state index is 12.3. The number of hydrogen-bond acceptors (Lipinski definition) is 3. The molecule has 0 aliphatic heterocycles. The Hall–Kier alpha value is -1.35. The lowest BCUT2D eigenvalue weighted by Gasteiger charge is -2.14. The van der Waals surface area contributed by atoms with Crippen LogP contribution in [0.2, 0.25) is 0 Å². The Balaban J connectivity index is 2.07. The molecule has 2 atom stereocenters. The zero-order valence-electron chi connectivity index (χ0n) is 11.1. The molecule has 3 nitrogen and oxygen atoms in total. The van der Waals surface area contributed by atoms with E-state index in [1.165, 1.54) is 0 Å². The Kier molecular flexibility index (Phi) is 4.02. The lowest BCUT2D eigenvalue weighted by Crippen LogP contribution is -2.30. The summed E-state index contributed by atoms with van der Waals surface area (Å²) in [5.41, 5.74) is 6.71. The van der Waals surface area contributed by atoms with Gasteiger partial charge in [-0.2, -0.15) is 0 Å². The first-order chi connectivity index (χ1) is 8.58. The van der Waals surface area contributed by atoms with Crippen LogP contribution < -0.4 is 10.5 Å². The number of Topliss-reactive ketones (excluding diaryl/α,β-unsaturated/α-hetero) is 1. The van der Waals surface area contributed by atoms with Crippen LogP contribution in [0.25, 0.3) is 0 Å². The van der Waals surface area contributed by atoms with Crippen LogP contribution in [0.1, 0.15) is 43.5 Å². The summed E-state index contributed by atoms with van der Waals surface area (Å²) in [5.74, 6) is 0.982. The molecule has 0 radical (unpaired) electrons. The summed E-state index contributed by atoms with van der Waals surface area (Å²) in [6, 6.07) is 7.42. The summed E-state index contributed by atoms with van der Waals surface area (Å²) in [4.78, 5) is 12.3. The lowest BCUT2D eigenvalue weighted by atomic mass is 9.93. The van der Waals surface area contributed by atoms with Gasteiger partial charge in [0.25, 0.3) is 0 Å². The zero-order chi connectivity index (χ0) is 13.1. The van der Waals surface area contributed by atoms with Gasteiger partial charge in [0.1, 0.15) is 5.75 Å². The van der Waals surface area contributed by atoms with Crippen molar-refractivity contribution >= 4 is 5.78 Å². The third-order valence-electron chi connectivity index (χ3n) is 3.42. The molecule has 0 heterocycles. The Morgan fingerprint density at radius 3 is 2.44 bits per heavy atom. The van der Waals surface area contributed by atoms with Gasteiger partial charge >= 0.3 is 0 Å². The predicted molar refractivity (Wildman–Crippen MR) is 71.9 cm³/mol. The van der Waals surface area contributed by atoms with E-state index in [9.17, 15) is 4.79 Å². The first kappa shape index (κ1) is 13.1. The highest BCUT2D eigenvalue weighted by atomic mass is 16.5. The lowest BCUT2D eigenvalue weighted by molar-refractivity contribution is 0.0913. The minimum absolute atomic E-state index is 0.00173. The minimum atomic E-state index is 0.00173. The fourth-order valence-electron chi connectivity index (χ4n) is 2.50. The maximum absolute atomic E-state index is 12.3. The first-order valence-corrected chi connectivity index (χ1v) is 6.64. The number of hydrogen-bond donors (Lipinski definition) is 1. The molecule has 2 N–H and O–H groups in total. The van der Waals surface area contributed by atoms with Gasteiger partial charge in [-0.05, 0) is 51.0 Å². The fourth-order valence-corrected chi connectivity index (χ4v) is 2.50. The number of ketones is 1. The quantitative estimate of drug-likeness (QED) is 0.832. The summed E-state index contributed by atoms with van der Waals surface area (Å²) in [7, 11) is 0. The molecule has 2 rings (SSSR count). The third kappa shape index (κ3) is 2.91. The van der Waals surface area contributed by atoms with Crippen molar-refractivity contribution in [3.63, 3.8) is 0 Å². The highest BCUT2D eigenvalue weighted by Gasteiger charge is 2.30. The molecule has 1 aliphatic rings. The smallest absolute Gasteiger partial charge is 0.167 e. The second-order valence-electron chi connectivity index (χ2n) is 5.26. The van der Waals surface area contributed by atoms with Crippen LogP contribution in [0.15, 0.2) is 24.3 Å². The summed E-state index contributed by atoms with van der Waals surface area (Å²) in [6.45, 7) is 3.97. The number of carbonyl (C=O) groups is 1. The van der Waals surface area contributed by atoms with E-state index in [-0.39, 0.29) is 23.8 Å². The van der Waals surface area contributed by atoms with Crippen LogP contribution in [0.5, 0.6) is 5.75 Å². The molecule has 2 unspecified atom stereocenters. The van der Waals surface area contributed by atoms with Crippen molar-refractivity contribution in [2.45, 2.75) is 45.3 Å². The van der Waals surface area contributed by atoms with E-state index < -0.39 is 0 Å². The summed E-state index contributed by atoms with van der Waals surface area (Å²) in [6.07, 6.45) is 3.09. The molecule has 1 aromatic rings. The van der Waals surface area contributed by atoms with E-state index in [0.717, 1.165) is 30.6 Å². The molecule has 3 heteroatoms. The Labute approximate surface area is 108 Å².